The van der Waals surface area contributed by atoms with Crippen LogP contribution >= 0.6 is 0 Å². The van der Waals surface area contributed by atoms with Crippen LogP contribution in [0.25, 0.3) is 0 Å². The molecule has 0 bridgehead atoms. The Morgan fingerprint density at radius 1 is 1.38 bits per heavy atom. The van der Waals surface area contributed by atoms with Gasteiger partial charge in [0.15, 0.2) is 6.07 Å². The molecule has 0 aromatic heterocycles. The summed E-state index contributed by atoms with van der Waals surface area (Å²) in [5, 5.41) is 8.57. The summed E-state index contributed by atoms with van der Waals surface area (Å²) in [4.78, 5) is 12.6. The molecule has 1 rings (SSSR count). The highest BCUT2D eigenvalue weighted by Gasteiger charge is 2.15. The third-order valence-electron chi connectivity index (χ3n) is 2.56. The van der Waals surface area contributed by atoms with Gasteiger partial charge in [-0.2, -0.15) is 5.26 Å². The summed E-state index contributed by atoms with van der Waals surface area (Å²) in [5.41, 5.74) is 2.74. The Hall–Kier alpha value is -2.02. The number of hydrogen-bond acceptors (Lipinski definition) is 3. The Kier molecular flexibility index (Phi) is 3.51. The number of nitriles is 1. The van der Waals surface area contributed by atoms with E-state index in [2.05, 4.69) is 0 Å². The van der Waals surface area contributed by atoms with Gasteiger partial charge in [-0.25, -0.2) is 0 Å². The summed E-state index contributed by atoms with van der Waals surface area (Å²) in [6, 6.07) is 5.27. The predicted molar refractivity (Wildman–Crippen MR) is 61.5 cm³/mol. The van der Waals surface area contributed by atoms with E-state index in [-0.39, 0.29) is 0 Å². The van der Waals surface area contributed by atoms with Crippen molar-refractivity contribution < 1.29 is 9.53 Å². The van der Waals surface area contributed by atoms with E-state index in [0.717, 1.165) is 11.1 Å². The Morgan fingerprint density at radius 2 is 1.94 bits per heavy atom. The number of hydrogen-bond donors (Lipinski definition) is 0. The molecule has 4 heteroatoms. The Balaban J connectivity index is 3.28. The van der Waals surface area contributed by atoms with Crippen molar-refractivity contribution in [2.24, 2.45) is 0 Å². The molecule has 4 nitrogen and oxygen atoms in total. The highest BCUT2D eigenvalue weighted by Crippen LogP contribution is 2.30. The van der Waals surface area contributed by atoms with Crippen LogP contribution in [0.2, 0.25) is 0 Å². The number of aryl methyl sites for hydroxylation is 2. The number of carbonyl (C=O) groups excluding carboxylic acids is 1. The third kappa shape index (κ3) is 2.14. The first-order valence-corrected chi connectivity index (χ1v) is 4.84. The Morgan fingerprint density at radius 3 is 2.44 bits per heavy atom. The molecule has 0 radical (unpaired) electrons. The molecule has 1 aromatic carbocycles. The van der Waals surface area contributed by atoms with Crippen molar-refractivity contribution in [1.29, 1.82) is 5.26 Å². The van der Waals surface area contributed by atoms with Gasteiger partial charge in [-0.1, -0.05) is 0 Å². The predicted octanol–water partition coefficient (Wildman–Crippen LogP) is 1.80. The fourth-order valence-electron chi connectivity index (χ4n) is 1.38. The van der Waals surface area contributed by atoms with Crippen LogP contribution in [0.4, 0.5) is 5.69 Å². The van der Waals surface area contributed by atoms with Crippen molar-refractivity contribution >= 4 is 11.6 Å². The van der Waals surface area contributed by atoms with Crippen LogP contribution < -0.4 is 9.64 Å². The molecular weight excluding hydrogens is 204 g/mol. The van der Waals surface area contributed by atoms with Gasteiger partial charge in [-0.05, 0) is 37.1 Å². The van der Waals surface area contributed by atoms with E-state index in [4.69, 9.17) is 10.00 Å². The van der Waals surface area contributed by atoms with Gasteiger partial charge in [-0.3, -0.25) is 9.69 Å². The monoisotopic (exact) mass is 218 g/mol. The average Bonchev–Trinajstić information content (AvgIpc) is 2.30. The number of anilines is 1. The summed E-state index contributed by atoms with van der Waals surface area (Å²) in [5.74, 6) is -0.0178. The molecule has 0 heterocycles. The standard InChI is InChI=1S/C12H14N2O2/c1-8-5-10(14(3)12(15)7-13)11(16-4)6-9(8)2/h5-6H,1-4H3. The van der Waals surface area contributed by atoms with Crippen LogP contribution in [0.3, 0.4) is 0 Å². The lowest BCUT2D eigenvalue weighted by Gasteiger charge is -2.18. The number of nitrogens with zero attached hydrogens (tertiary/aromatic N) is 2. The minimum atomic E-state index is -0.610. The summed E-state index contributed by atoms with van der Waals surface area (Å²) in [6.45, 7) is 3.91. The minimum absolute atomic E-state index is 0.592. The van der Waals surface area contributed by atoms with Gasteiger partial charge in [0.2, 0.25) is 0 Å². The smallest absolute Gasteiger partial charge is 0.329 e. The summed E-state index contributed by atoms with van der Waals surface area (Å²) < 4.78 is 5.19. The quantitative estimate of drug-likeness (QED) is 0.711. The van der Waals surface area contributed by atoms with E-state index in [1.54, 1.807) is 13.1 Å². The van der Waals surface area contributed by atoms with E-state index in [1.807, 2.05) is 26.0 Å². The number of carbonyl (C=O) groups is 1. The maximum absolute atomic E-state index is 11.3. The Labute approximate surface area is 95.0 Å². The van der Waals surface area contributed by atoms with E-state index in [1.165, 1.54) is 12.0 Å². The van der Waals surface area contributed by atoms with E-state index in [0.29, 0.717) is 11.4 Å². The van der Waals surface area contributed by atoms with Gasteiger partial charge >= 0.3 is 5.91 Å². The van der Waals surface area contributed by atoms with Crippen molar-refractivity contribution in [2.75, 3.05) is 19.1 Å². The lowest BCUT2D eigenvalue weighted by molar-refractivity contribution is -0.113. The van der Waals surface area contributed by atoms with Gasteiger partial charge in [0.1, 0.15) is 5.75 Å². The SMILES string of the molecule is COc1cc(C)c(C)cc1N(C)C(=O)C#N. The van der Waals surface area contributed by atoms with Gasteiger partial charge in [-0.15, -0.1) is 0 Å². The molecule has 1 amide bonds. The van der Waals surface area contributed by atoms with Crippen molar-refractivity contribution in [1.82, 2.24) is 0 Å². The highest BCUT2D eigenvalue weighted by molar-refractivity contribution is 6.04. The number of methoxy groups -OCH3 is 1. The van der Waals surface area contributed by atoms with Gasteiger partial charge in [0.25, 0.3) is 0 Å². The fourth-order valence-corrected chi connectivity index (χ4v) is 1.38. The topological polar surface area (TPSA) is 53.3 Å². The average molecular weight is 218 g/mol. The van der Waals surface area contributed by atoms with Crippen LogP contribution in [0.15, 0.2) is 12.1 Å². The maximum Gasteiger partial charge on any atom is 0.329 e. The molecule has 0 aliphatic rings. The first-order chi connectivity index (χ1) is 7.51. The van der Waals surface area contributed by atoms with Gasteiger partial charge < -0.3 is 4.74 Å². The zero-order chi connectivity index (χ0) is 12.3. The fraction of sp³-hybridized carbons (Fsp3) is 0.333. The lowest BCUT2D eigenvalue weighted by Crippen LogP contribution is -2.24. The van der Waals surface area contributed by atoms with Crippen molar-refractivity contribution in [3.63, 3.8) is 0 Å². The van der Waals surface area contributed by atoms with Crippen LogP contribution in [0, 0.1) is 25.2 Å². The molecule has 0 saturated heterocycles. The third-order valence-corrected chi connectivity index (χ3v) is 2.56. The normalized spacial score (nSPS) is 9.44. The van der Waals surface area contributed by atoms with Gasteiger partial charge in [0, 0.05) is 7.05 Å². The molecule has 0 aliphatic carbocycles. The van der Waals surface area contributed by atoms with Crippen LogP contribution in [-0.4, -0.2) is 20.1 Å². The number of amides is 1. The van der Waals surface area contributed by atoms with E-state index < -0.39 is 5.91 Å². The zero-order valence-electron chi connectivity index (χ0n) is 9.87. The van der Waals surface area contributed by atoms with Crippen LogP contribution in [0.5, 0.6) is 5.75 Å². The van der Waals surface area contributed by atoms with Crippen LogP contribution in [-0.2, 0) is 4.79 Å². The molecule has 84 valence electrons. The summed E-state index contributed by atoms with van der Waals surface area (Å²) in [6.07, 6.45) is 0. The molecule has 16 heavy (non-hydrogen) atoms. The second-order valence-electron chi connectivity index (χ2n) is 3.58. The van der Waals surface area contributed by atoms with Crippen LogP contribution in [0.1, 0.15) is 11.1 Å². The van der Waals surface area contributed by atoms with Crippen molar-refractivity contribution in [3.05, 3.63) is 23.3 Å². The molecule has 0 unspecified atom stereocenters. The molecule has 0 atom stereocenters. The Bertz CT molecular complexity index is 461. The number of benzene rings is 1. The molecule has 0 fully saturated rings. The van der Waals surface area contributed by atoms with E-state index in [9.17, 15) is 4.79 Å². The van der Waals surface area contributed by atoms with Gasteiger partial charge in [0.05, 0.1) is 12.8 Å². The maximum atomic E-state index is 11.3. The van der Waals surface area contributed by atoms with Crippen molar-refractivity contribution in [2.45, 2.75) is 13.8 Å². The molecule has 0 N–H and O–H groups in total. The minimum Gasteiger partial charge on any atom is -0.495 e. The molecular formula is C12H14N2O2. The number of ether oxygens (including phenoxy) is 1. The molecule has 0 aliphatic heterocycles. The van der Waals surface area contributed by atoms with E-state index >= 15 is 0 Å². The number of rotatable bonds is 2. The molecule has 0 spiro atoms. The first kappa shape index (κ1) is 12.1. The second-order valence-corrected chi connectivity index (χ2v) is 3.58. The molecule has 1 aromatic rings. The lowest BCUT2D eigenvalue weighted by atomic mass is 10.1. The summed E-state index contributed by atoms with van der Waals surface area (Å²) in [7, 11) is 3.09. The first-order valence-electron chi connectivity index (χ1n) is 4.84. The van der Waals surface area contributed by atoms with Crippen molar-refractivity contribution in [3.8, 4) is 11.8 Å². The highest BCUT2D eigenvalue weighted by atomic mass is 16.5. The second kappa shape index (κ2) is 4.67. The molecule has 0 saturated carbocycles. The zero-order valence-corrected chi connectivity index (χ0v) is 9.87. The summed E-state index contributed by atoms with van der Waals surface area (Å²) >= 11 is 0. The largest absolute Gasteiger partial charge is 0.495 e.